The van der Waals surface area contributed by atoms with Crippen molar-refractivity contribution >= 4 is 11.6 Å². The predicted molar refractivity (Wildman–Crippen MR) is 100 cm³/mol. The first-order valence-electron chi connectivity index (χ1n) is 8.42. The van der Waals surface area contributed by atoms with E-state index >= 15 is 0 Å². The molecule has 0 saturated carbocycles. The lowest BCUT2D eigenvalue weighted by Crippen LogP contribution is -2.25. The van der Waals surface area contributed by atoms with E-state index in [0.29, 0.717) is 17.2 Å². The zero-order valence-corrected chi connectivity index (χ0v) is 14.6. The Morgan fingerprint density at radius 3 is 2.46 bits per heavy atom. The number of aromatic nitrogens is 2. The highest BCUT2D eigenvalue weighted by molar-refractivity contribution is 5.90. The zero-order chi connectivity index (χ0) is 19.3. The third-order valence-corrected chi connectivity index (χ3v) is 3.75. The fraction of sp³-hybridized carbons (Fsp3) is 0.0500. The Labute approximate surface area is 159 Å². The standard InChI is InChI=1S/C20H15N3O5/c24-18(13-23-20(25)28-19(22-23)17-7-4-12-26-17)21-14-8-10-16(11-9-14)27-15-5-2-1-3-6-15/h1-12H,13H2,(H,21,24). The lowest BCUT2D eigenvalue weighted by Gasteiger charge is -2.07. The normalized spacial score (nSPS) is 10.6. The molecule has 28 heavy (non-hydrogen) atoms. The van der Waals surface area contributed by atoms with Crippen LogP contribution in [0.25, 0.3) is 11.7 Å². The highest BCUT2D eigenvalue weighted by atomic mass is 16.5. The predicted octanol–water partition coefficient (Wildman–Crippen LogP) is 3.53. The topological polar surface area (TPSA) is 99.5 Å². The number of hydrogen-bond donors (Lipinski definition) is 1. The quantitative estimate of drug-likeness (QED) is 0.552. The van der Waals surface area contributed by atoms with E-state index in [4.69, 9.17) is 13.6 Å². The summed E-state index contributed by atoms with van der Waals surface area (Å²) >= 11 is 0. The van der Waals surface area contributed by atoms with Crippen molar-refractivity contribution in [3.8, 4) is 23.1 Å². The minimum Gasteiger partial charge on any atom is -0.459 e. The molecule has 2 aromatic carbocycles. The Morgan fingerprint density at radius 1 is 1.00 bits per heavy atom. The number of carbonyl (C=O) groups excluding carboxylic acids is 1. The molecule has 0 radical (unpaired) electrons. The molecule has 0 unspecified atom stereocenters. The van der Waals surface area contributed by atoms with Crippen LogP contribution in [0.4, 0.5) is 5.69 Å². The number of benzene rings is 2. The number of nitrogens with zero attached hydrogens (tertiary/aromatic N) is 2. The molecular formula is C20H15N3O5. The average molecular weight is 377 g/mol. The van der Waals surface area contributed by atoms with Crippen LogP contribution in [0.3, 0.4) is 0 Å². The summed E-state index contributed by atoms with van der Waals surface area (Å²) in [6.45, 7) is -0.286. The van der Waals surface area contributed by atoms with Gasteiger partial charge >= 0.3 is 5.76 Å². The Hall–Kier alpha value is -4.07. The molecule has 0 fully saturated rings. The summed E-state index contributed by atoms with van der Waals surface area (Å²) in [7, 11) is 0. The first kappa shape index (κ1) is 17.3. The highest BCUT2D eigenvalue weighted by Crippen LogP contribution is 2.22. The molecule has 4 aromatic rings. The average Bonchev–Trinajstić information content (AvgIpc) is 3.35. The van der Waals surface area contributed by atoms with E-state index in [1.54, 1.807) is 36.4 Å². The summed E-state index contributed by atoms with van der Waals surface area (Å²) in [5.41, 5.74) is 0.563. The van der Waals surface area contributed by atoms with E-state index in [0.717, 1.165) is 10.4 Å². The van der Waals surface area contributed by atoms with Crippen molar-refractivity contribution in [2.75, 3.05) is 5.32 Å². The van der Waals surface area contributed by atoms with Crippen molar-refractivity contribution in [2.24, 2.45) is 0 Å². The SMILES string of the molecule is O=C(Cn1nc(-c2ccco2)oc1=O)Nc1ccc(Oc2ccccc2)cc1. The number of para-hydroxylation sites is 1. The van der Waals surface area contributed by atoms with Crippen LogP contribution in [0.15, 0.2) is 86.6 Å². The van der Waals surface area contributed by atoms with Crippen LogP contribution in [-0.2, 0) is 11.3 Å². The summed E-state index contributed by atoms with van der Waals surface area (Å²) in [5.74, 6) is 0.527. The van der Waals surface area contributed by atoms with Gasteiger partial charge in [-0.1, -0.05) is 18.2 Å². The summed E-state index contributed by atoms with van der Waals surface area (Å²) in [6.07, 6.45) is 1.44. The number of nitrogens with one attached hydrogen (secondary N) is 1. The van der Waals surface area contributed by atoms with Crippen molar-refractivity contribution in [2.45, 2.75) is 6.54 Å². The summed E-state index contributed by atoms with van der Waals surface area (Å²) in [6, 6.07) is 19.5. The molecule has 8 nitrogen and oxygen atoms in total. The summed E-state index contributed by atoms with van der Waals surface area (Å²) in [5, 5.41) is 6.65. The van der Waals surface area contributed by atoms with E-state index < -0.39 is 11.7 Å². The van der Waals surface area contributed by atoms with Gasteiger partial charge in [0, 0.05) is 5.69 Å². The Bertz CT molecular complexity index is 1110. The monoisotopic (exact) mass is 377 g/mol. The van der Waals surface area contributed by atoms with E-state index in [-0.39, 0.29) is 12.4 Å². The summed E-state index contributed by atoms with van der Waals surface area (Å²) in [4.78, 5) is 24.0. The second kappa shape index (κ2) is 7.67. The van der Waals surface area contributed by atoms with Crippen molar-refractivity contribution in [3.05, 3.63) is 83.5 Å². The van der Waals surface area contributed by atoms with E-state index in [1.165, 1.54) is 6.26 Å². The van der Waals surface area contributed by atoms with Crippen LogP contribution in [-0.4, -0.2) is 15.7 Å². The minimum atomic E-state index is -0.742. The van der Waals surface area contributed by atoms with Gasteiger partial charge in [0.2, 0.25) is 5.91 Å². The van der Waals surface area contributed by atoms with Crippen LogP contribution in [0.2, 0.25) is 0 Å². The number of carbonyl (C=O) groups is 1. The third-order valence-electron chi connectivity index (χ3n) is 3.75. The van der Waals surface area contributed by atoms with Gasteiger partial charge in [-0.2, -0.15) is 4.68 Å². The highest BCUT2D eigenvalue weighted by Gasteiger charge is 2.15. The van der Waals surface area contributed by atoms with Gasteiger partial charge in [-0.3, -0.25) is 4.79 Å². The van der Waals surface area contributed by atoms with Gasteiger partial charge in [0.1, 0.15) is 18.0 Å². The maximum atomic E-state index is 12.2. The number of amides is 1. The smallest absolute Gasteiger partial charge is 0.437 e. The van der Waals surface area contributed by atoms with Gasteiger partial charge < -0.3 is 18.9 Å². The number of furan rings is 1. The number of rotatable bonds is 6. The largest absolute Gasteiger partial charge is 0.459 e. The van der Waals surface area contributed by atoms with Crippen molar-refractivity contribution in [1.29, 1.82) is 0 Å². The molecule has 140 valence electrons. The molecule has 2 heterocycles. The molecule has 2 aromatic heterocycles. The van der Waals surface area contributed by atoms with Crippen LogP contribution >= 0.6 is 0 Å². The fourth-order valence-corrected chi connectivity index (χ4v) is 2.47. The lowest BCUT2D eigenvalue weighted by atomic mass is 10.3. The first-order valence-corrected chi connectivity index (χ1v) is 8.42. The van der Waals surface area contributed by atoms with E-state index in [9.17, 15) is 9.59 Å². The molecule has 1 amide bonds. The Kier molecular flexibility index (Phi) is 4.75. The maximum Gasteiger partial charge on any atom is 0.437 e. The van der Waals surface area contributed by atoms with Crippen LogP contribution < -0.4 is 15.8 Å². The van der Waals surface area contributed by atoms with Crippen LogP contribution in [0, 0.1) is 0 Å². The van der Waals surface area contributed by atoms with Gasteiger partial charge in [0.25, 0.3) is 5.89 Å². The van der Waals surface area contributed by atoms with Gasteiger partial charge in [-0.05, 0) is 48.5 Å². The third kappa shape index (κ3) is 4.01. The van der Waals surface area contributed by atoms with E-state index in [1.807, 2.05) is 30.3 Å². The van der Waals surface area contributed by atoms with Crippen LogP contribution in [0.5, 0.6) is 11.5 Å². The van der Waals surface area contributed by atoms with Gasteiger partial charge in [-0.25, -0.2) is 4.79 Å². The second-order valence-electron chi connectivity index (χ2n) is 5.80. The van der Waals surface area contributed by atoms with E-state index in [2.05, 4.69) is 10.4 Å². The number of ether oxygens (including phenoxy) is 1. The van der Waals surface area contributed by atoms with Gasteiger partial charge in [-0.15, -0.1) is 5.10 Å². The molecule has 1 N–H and O–H groups in total. The molecule has 0 aliphatic carbocycles. The van der Waals surface area contributed by atoms with Crippen molar-refractivity contribution < 1.29 is 18.4 Å². The number of hydrogen-bond acceptors (Lipinski definition) is 6. The first-order chi connectivity index (χ1) is 13.7. The molecule has 4 rings (SSSR count). The van der Waals surface area contributed by atoms with Gasteiger partial charge in [0.05, 0.1) is 6.26 Å². The molecule has 0 aliphatic rings. The molecule has 0 atom stereocenters. The Morgan fingerprint density at radius 2 is 1.75 bits per heavy atom. The molecular weight excluding hydrogens is 362 g/mol. The molecule has 8 heteroatoms. The molecule has 0 bridgehead atoms. The fourth-order valence-electron chi connectivity index (χ4n) is 2.47. The minimum absolute atomic E-state index is 0.0187. The van der Waals surface area contributed by atoms with Crippen molar-refractivity contribution in [3.63, 3.8) is 0 Å². The molecule has 0 saturated heterocycles. The van der Waals surface area contributed by atoms with Crippen LogP contribution in [0.1, 0.15) is 0 Å². The Balaban J connectivity index is 1.38. The lowest BCUT2D eigenvalue weighted by molar-refractivity contribution is -0.117. The molecule has 0 aliphatic heterocycles. The van der Waals surface area contributed by atoms with Gasteiger partial charge in [0.15, 0.2) is 5.76 Å². The second-order valence-corrected chi connectivity index (χ2v) is 5.80. The maximum absolute atomic E-state index is 12.2. The zero-order valence-electron chi connectivity index (χ0n) is 14.6. The number of anilines is 1. The molecule has 0 spiro atoms. The van der Waals surface area contributed by atoms with Crippen molar-refractivity contribution in [1.82, 2.24) is 9.78 Å². The summed E-state index contributed by atoms with van der Waals surface area (Å²) < 4.78 is 16.7.